The van der Waals surface area contributed by atoms with Crippen LogP contribution in [-0.2, 0) is 0 Å². The van der Waals surface area contributed by atoms with Crippen LogP contribution in [0.5, 0.6) is 0 Å². The zero-order valence-corrected chi connectivity index (χ0v) is 6.06. The van der Waals surface area contributed by atoms with E-state index in [0.29, 0.717) is 0 Å². The molecule has 0 bridgehead atoms. The minimum absolute atomic E-state index is 0.750. The Balaban J connectivity index is 2.39. The van der Waals surface area contributed by atoms with Crippen LogP contribution in [0, 0.1) is 5.92 Å². The monoisotopic (exact) mass is 122 g/mol. The van der Waals surface area contributed by atoms with Gasteiger partial charge < -0.3 is 0 Å². The van der Waals surface area contributed by atoms with E-state index in [1.807, 2.05) is 0 Å². The Morgan fingerprint density at radius 3 is 3.00 bits per heavy atom. The van der Waals surface area contributed by atoms with E-state index in [1.54, 1.807) is 5.57 Å². The third kappa shape index (κ3) is 1.44. The van der Waals surface area contributed by atoms with Crippen LogP contribution in [0.2, 0.25) is 0 Å². The van der Waals surface area contributed by atoms with Crippen molar-refractivity contribution in [2.75, 3.05) is 0 Å². The summed E-state index contributed by atoms with van der Waals surface area (Å²) in [6, 6.07) is 0. The van der Waals surface area contributed by atoms with Crippen molar-refractivity contribution in [1.82, 2.24) is 0 Å². The number of rotatable bonds is 2. The molecule has 0 heterocycles. The summed E-state index contributed by atoms with van der Waals surface area (Å²) >= 11 is 0. The molecule has 1 aliphatic rings. The van der Waals surface area contributed by atoms with Crippen molar-refractivity contribution in [1.29, 1.82) is 0 Å². The highest BCUT2D eigenvalue weighted by Gasteiger charge is 2.11. The van der Waals surface area contributed by atoms with Crippen LogP contribution in [0.1, 0.15) is 26.2 Å². The molecule has 0 aromatic rings. The van der Waals surface area contributed by atoms with E-state index in [0.717, 1.165) is 5.92 Å². The standard InChI is InChI=1S/C9H14/c1-3-8-5-6-9(4-2)7-8/h3,6,8H,1,4-5,7H2,2H3. The highest BCUT2D eigenvalue weighted by molar-refractivity contribution is 5.12. The highest BCUT2D eigenvalue weighted by Crippen LogP contribution is 2.26. The molecule has 0 nitrogen and oxygen atoms in total. The molecule has 0 heteroatoms. The zero-order chi connectivity index (χ0) is 6.69. The molecule has 0 amide bonds. The van der Waals surface area contributed by atoms with Gasteiger partial charge in [-0.15, -0.1) is 6.58 Å². The lowest BCUT2D eigenvalue weighted by molar-refractivity contribution is 0.697. The molecule has 0 N–H and O–H groups in total. The van der Waals surface area contributed by atoms with Gasteiger partial charge in [0.05, 0.1) is 0 Å². The van der Waals surface area contributed by atoms with Crippen molar-refractivity contribution in [3.05, 3.63) is 24.3 Å². The van der Waals surface area contributed by atoms with Crippen LogP contribution >= 0.6 is 0 Å². The highest BCUT2D eigenvalue weighted by atomic mass is 14.2. The van der Waals surface area contributed by atoms with Gasteiger partial charge in [0, 0.05) is 0 Å². The molecule has 1 unspecified atom stereocenters. The second kappa shape index (κ2) is 2.86. The molecule has 0 aromatic heterocycles. The molecule has 50 valence electrons. The molecule has 1 rings (SSSR count). The Morgan fingerprint density at radius 2 is 2.67 bits per heavy atom. The van der Waals surface area contributed by atoms with Crippen LogP contribution in [0.3, 0.4) is 0 Å². The summed E-state index contributed by atoms with van der Waals surface area (Å²) in [5, 5.41) is 0. The fourth-order valence-corrected chi connectivity index (χ4v) is 1.29. The summed E-state index contributed by atoms with van der Waals surface area (Å²) in [4.78, 5) is 0. The third-order valence-corrected chi connectivity index (χ3v) is 2.02. The van der Waals surface area contributed by atoms with E-state index in [4.69, 9.17) is 0 Å². The molecular weight excluding hydrogens is 108 g/mol. The van der Waals surface area contributed by atoms with Crippen LogP contribution in [-0.4, -0.2) is 0 Å². The molecule has 0 saturated carbocycles. The quantitative estimate of drug-likeness (QED) is 0.494. The summed E-state index contributed by atoms with van der Waals surface area (Å²) in [5.74, 6) is 0.750. The van der Waals surface area contributed by atoms with Crippen molar-refractivity contribution in [3.63, 3.8) is 0 Å². The maximum absolute atomic E-state index is 3.78. The summed E-state index contributed by atoms with van der Waals surface area (Å²) in [6.45, 7) is 6.00. The first-order chi connectivity index (χ1) is 4.36. The Bertz CT molecular complexity index is 131. The molecule has 0 aromatic carbocycles. The maximum Gasteiger partial charge on any atom is -0.0164 e. The van der Waals surface area contributed by atoms with Gasteiger partial charge in [0.2, 0.25) is 0 Å². The molecule has 1 aliphatic carbocycles. The third-order valence-electron chi connectivity index (χ3n) is 2.02. The first-order valence-corrected chi connectivity index (χ1v) is 3.67. The van der Waals surface area contributed by atoms with Crippen molar-refractivity contribution in [3.8, 4) is 0 Å². The van der Waals surface area contributed by atoms with Crippen LogP contribution in [0.4, 0.5) is 0 Å². The molecule has 0 radical (unpaired) electrons. The van der Waals surface area contributed by atoms with Crippen LogP contribution < -0.4 is 0 Å². The zero-order valence-electron chi connectivity index (χ0n) is 6.06. The molecule has 0 saturated heterocycles. The van der Waals surface area contributed by atoms with Gasteiger partial charge in [-0.05, 0) is 25.2 Å². The van der Waals surface area contributed by atoms with E-state index in [9.17, 15) is 0 Å². The minimum atomic E-state index is 0.750. The molecular formula is C9H14. The van der Waals surface area contributed by atoms with Crippen molar-refractivity contribution >= 4 is 0 Å². The summed E-state index contributed by atoms with van der Waals surface area (Å²) in [7, 11) is 0. The van der Waals surface area contributed by atoms with Crippen LogP contribution in [0.25, 0.3) is 0 Å². The van der Waals surface area contributed by atoms with Gasteiger partial charge >= 0.3 is 0 Å². The molecule has 0 fully saturated rings. The van der Waals surface area contributed by atoms with Gasteiger partial charge in [-0.1, -0.05) is 24.6 Å². The van der Waals surface area contributed by atoms with Crippen molar-refractivity contribution in [2.45, 2.75) is 26.2 Å². The predicted octanol–water partition coefficient (Wildman–Crippen LogP) is 2.92. The van der Waals surface area contributed by atoms with Gasteiger partial charge in [0.15, 0.2) is 0 Å². The number of allylic oxidation sites excluding steroid dienone is 3. The molecule has 9 heavy (non-hydrogen) atoms. The minimum Gasteiger partial charge on any atom is -0.103 e. The normalized spacial score (nSPS) is 25.9. The van der Waals surface area contributed by atoms with Crippen LogP contribution in [0.15, 0.2) is 24.3 Å². The lowest BCUT2D eigenvalue weighted by Crippen LogP contribution is -1.86. The Morgan fingerprint density at radius 1 is 1.89 bits per heavy atom. The van der Waals surface area contributed by atoms with E-state index in [-0.39, 0.29) is 0 Å². The first-order valence-electron chi connectivity index (χ1n) is 3.67. The Hall–Kier alpha value is -0.520. The lowest BCUT2D eigenvalue weighted by Gasteiger charge is -2.00. The van der Waals surface area contributed by atoms with Gasteiger partial charge in [0.1, 0.15) is 0 Å². The summed E-state index contributed by atoms with van der Waals surface area (Å²) < 4.78 is 0. The topological polar surface area (TPSA) is 0 Å². The maximum atomic E-state index is 3.78. The fraction of sp³-hybridized carbons (Fsp3) is 0.556. The molecule has 0 aliphatic heterocycles. The number of hydrogen-bond acceptors (Lipinski definition) is 0. The Kier molecular flexibility index (Phi) is 2.10. The smallest absolute Gasteiger partial charge is 0.0164 e. The molecule has 0 spiro atoms. The van der Waals surface area contributed by atoms with E-state index in [2.05, 4.69) is 25.7 Å². The largest absolute Gasteiger partial charge is 0.103 e. The van der Waals surface area contributed by atoms with Crippen molar-refractivity contribution in [2.24, 2.45) is 5.92 Å². The second-order valence-corrected chi connectivity index (χ2v) is 2.65. The SMILES string of the molecule is C=CC1CC=C(CC)C1. The average molecular weight is 122 g/mol. The van der Waals surface area contributed by atoms with Crippen molar-refractivity contribution < 1.29 is 0 Å². The first kappa shape index (κ1) is 6.60. The predicted molar refractivity (Wildman–Crippen MR) is 41.3 cm³/mol. The summed E-state index contributed by atoms with van der Waals surface area (Å²) in [5.41, 5.74) is 1.61. The average Bonchev–Trinajstić information content (AvgIpc) is 2.34. The summed E-state index contributed by atoms with van der Waals surface area (Å²) in [6.07, 6.45) is 8.14. The van der Waals surface area contributed by atoms with Gasteiger partial charge in [-0.25, -0.2) is 0 Å². The van der Waals surface area contributed by atoms with Gasteiger partial charge in [-0.3, -0.25) is 0 Å². The van der Waals surface area contributed by atoms with E-state index >= 15 is 0 Å². The van der Waals surface area contributed by atoms with Gasteiger partial charge in [-0.2, -0.15) is 0 Å². The van der Waals surface area contributed by atoms with E-state index in [1.165, 1.54) is 19.3 Å². The molecule has 1 atom stereocenters. The Labute approximate surface area is 57.3 Å². The fourth-order valence-electron chi connectivity index (χ4n) is 1.29. The lowest BCUT2D eigenvalue weighted by atomic mass is 10.1. The van der Waals surface area contributed by atoms with E-state index < -0.39 is 0 Å². The second-order valence-electron chi connectivity index (χ2n) is 2.65. The number of hydrogen-bond donors (Lipinski definition) is 0. The van der Waals surface area contributed by atoms with Gasteiger partial charge in [0.25, 0.3) is 0 Å².